The van der Waals surface area contributed by atoms with E-state index in [0.29, 0.717) is 12.2 Å². The smallest absolute Gasteiger partial charge is 0.270 e. The summed E-state index contributed by atoms with van der Waals surface area (Å²) in [4.78, 5) is 22.5. The minimum absolute atomic E-state index is 0.186. The number of anilines is 1. The van der Waals surface area contributed by atoms with Crippen LogP contribution in [0.5, 0.6) is 0 Å². The van der Waals surface area contributed by atoms with Crippen LogP contribution in [0.2, 0.25) is 0 Å². The summed E-state index contributed by atoms with van der Waals surface area (Å²) in [6.07, 6.45) is 5.14. The Morgan fingerprint density at radius 2 is 1.76 bits per heavy atom. The standard InChI is InChI=1S/C20H20N4O/c1-24(15-17-5-3-2-4-6-17)18-7-8-19(22-14-18)20(25)23-13-16-9-11-21-12-10-16/h2-12,14H,13,15H2,1H3,(H,23,25). The van der Waals surface area contributed by atoms with Gasteiger partial charge >= 0.3 is 0 Å². The van der Waals surface area contributed by atoms with Crippen molar-refractivity contribution in [3.8, 4) is 0 Å². The van der Waals surface area contributed by atoms with E-state index < -0.39 is 0 Å². The fraction of sp³-hybridized carbons (Fsp3) is 0.150. The van der Waals surface area contributed by atoms with E-state index in [9.17, 15) is 4.79 Å². The molecule has 0 aliphatic heterocycles. The van der Waals surface area contributed by atoms with Gasteiger partial charge in [-0.25, -0.2) is 4.98 Å². The predicted molar refractivity (Wildman–Crippen MR) is 98.2 cm³/mol. The average Bonchev–Trinajstić information content (AvgIpc) is 2.68. The molecule has 2 heterocycles. The Morgan fingerprint density at radius 1 is 1.00 bits per heavy atom. The summed E-state index contributed by atoms with van der Waals surface area (Å²) >= 11 is 0. The van der Waals surface area contributed by atoms with Gasteiger partial charge in [-0.05, 0) is 35.4 Å². The van der Waals surface area contributed by atoms with Gasteiger partial charge in [0.1, 0.15) is 5.69 Å². The fourth-order valence-electron chi connectivity index (χ4n) is 2.47. The van der Waals surface area contributed by atoms with Crippen LogP contribution in [0.3, 0.4) is 0 Å². The van der Waals surface area contributed by atoms with Crippen LogP contribution in [-0.2, 0) is 13.1 Å². The lowest BCUT2D eigenvalue weighted by Crippen LogP contribution is -2.24. The first-order valence-corrected chi connectivity index (χ1v) is 8.10. The van der Waals surface area contributed by atoms with Crippen LogP contribution in [0.25, 0.3) is 0 Å². The van der Waals surface area contributed by atoms with Crippen LogP contribution < -0.4 is 10.2 Å². The molecule has 0 radical (unpaired) electrons. The van der Waals surface area contributed by atoms with E-state index in [1.807, 2.05) is 43.4 Å². The molecular formula is C20H20N4O. The summed E-state index contributed by atoms with van der Waals surface area (Å²) in [5.41, 5.74) is 3.60. The lowest BCUT2D eigenvalue weighted by Gasteiger charge is -2.19. The molecule has 0 atom stereocenters. The second kappa shape index (κ2) is 8.06. The molecule has 1 N–H and O–H groups in total. The number of amides is 1. The molecule has 2 aromatic heterocycles. The number of carbonyl (C=O) groups is 1. The lowest BCUT2D eigenvalue weighted by atomic mass is 10.2. The molecule has 1 aromatic carbocycles. The number of hydrogen-bond donors (Lipinski definition) is 1. The summed E-state index contributed by atoms with van der Waals surface area (Å²) in [6, 6.07) is 17.6. The largest absolute Gasteiger partial charge is 0.369 e. The molecule has 0 fully saturated rings. The zero-order valence-corrected chi connectivity index (χ0v) is 14.1. The Labute approximate surface area is 147 Å². The van der Waals surface area contributed by atoms with Crippen LogP contribution >= 0.6 is 0 Å². The first-order chi connectivity index (χ1) is 12.2. The van der Waals surface area contributed by atoms with E-state index in [-0.39, 0.29) is 5.91 Å². The molecule has 0 saturated heterocycles. The summed E-state index contributed by atoms with van der Waals surface area (Å²) in [7, 11) is 2.01. The maximum absolute atomic E-state index is 12.2. The first kappa shape index (κ1) is 16.6. The molecule has 25 heavy (non-hydrogen) atoms. The average molecular weight is 332 g/mol. The summed E-state index contributed by atoms with van der Waals surface area (Å²) in [6.45, 7) is 1.24. The van der Waals surface area contributed by atoms with Gasteiger partial charge in [-0.1, -0.05) is 30.3 Å². The Bertz CT molecular complexity index is 804. The molecule has 5 nitrogen and oxygen atoms in total. The molecule has 3 rings (SSSR count). The van der Waals surface area contributed by atoms with Gasteiger partial charge in [-0.3, -0.25) is 9.78 Å². The minimum atomic E-state index is -0.186. The summed E-state index contributed by atoms with van der Waals surface area (Å²) in [5.74, 6) is -0.186. The molecular weight excluding hydrogens is 312 g/mol. The monoisotopic (exact) mass is 332 g/mol. The van der Waals surface area contributed by atoms with Crippen molar-refractivity contribution < 1.29 is 4.79 Å². The topological polar surface area (TPSA) is 58.1 Å². The SMILES string of the molecule is CN(Cc1ccccc1)c1ccc(C(=O)NCc2ccncc2)nc1. The second-order valence-corrected chi connectivity index (χ2v) is 5.78. The molecule has 5 heteroatoms. The number of pyridine rings is 2. The third-order valence-electron chi connectivity index (χ3n) is 3.89. The third kappa shape index (κ3) is 4.64. The van der Waals surface area contributed by atoms with E-state index in [4.69, 9.17) is 0 Å². The van der Waals surface area contributed by atoms with Gasteiger partial charge in [0.05, 0.1) is 11.9 Å². The Morgan fingerprint density at radius 3 is 2.44 bits per heavy atom. The van der Waals surface area contributed by atoms with E-state index >= 15 is 0 Å². The van der Waals surface area contributed by atoms with E-state index in [0.717, 1.165) is 17.8 Å². The lowest BCUT2D eigenvalue weighted by molar-refractivity contribution is 0.0946. The highest BCUT2D eigenvalue weighted by molar-refractivity contribution is 5.92. The van der Waals surface area contributed by atoms with Crippen molar-refractivity contribution in [1.82, 2.24) is 15.3 Å². The minimum Gasteiger partial charge on any atom is -0.369 e. The zero-order chi connectivity index (χ0) is 17.5. The molecule has 0 aliphatic carbocycles. The highest BCUT2D eigenvalue weighted by Crippen LogP contribution is 2.14. The van der Waals surface area contributed by atoms with Gasteiger partial charge < -0.3 is 10.2 Å². The van der Waals surface area contributed by atoms with E-state index in [1.54, 1.807) is 24.7 Å². The van der Waals surface area contributed by atoms with Crippen molar-refractivity contribution in [2.45, 2.75) is 13.1 Å². The normalized spacial score (nSPS) is 10.3. The van der Waals surface area contributed by atoms with Crippen molar-refractivity contribution in [2.75, 3.05) is 11.9 Å². The van der Waals surface area contributed by atoms with Crippen LogP contribution in [0.15, 0.2) is 73.2 Å². The third-order valence-corrected chi connectivity index (χ3v) is 3.89. The van der Waals surface area contributed by atoms with Crippen LogP contribution in [0.1, 0.15) is 21.6 Å². The number of benzene rings is 1. The van der Waals surface area contributed by atoms with Crippen molar-refractivity contribution in [3.05, 3.63) is 90.0 Å². The maximum Gasteiger partial charge on any atom is 0.270 e. The molecule has 0 aliphatic rings. The molecule has 0 bridgehead atoms. The zero-order valence-electron chi connectivity index (χ0n) is 14.1. The summed E-state index contributed by atoms with van der Waals surface area (Å²) < 4.78 is 0. The highest BCUT2D eigenvalue weighted by Gasteiger charge is 2.08. The van der Waals surface area contributed by atoms with Gasteiger partial charge in [0.2, 0.25) is 0 Å². The number of nitrogens with one attached hydrogen (secondary N) is 1. The molecule has 0 saturated carbocycles. The molecule has 1 amide bonds. The first-order valence-electron chi connectivity index (χ1n) is 8.10. The molecule has 126 valence electrons. The van der Waals surface area contributed by atoms with Crippen molar-refractivity contribution >= 4 is 11.6 Å². The number of aromatic nitrogens is 2. The Balaban J connectivity index is 1.58. The van der Waals surface area contributed by atoms with Gasteiger partial charge in [0, 0.05) is 32.5 Å². The van der Waals surface area contributed by atoms with Crippen molar-refractivity contribution in [1.29, 1.82) is 0 Å². The Hall–Kier alpha value is -3.21. The van der Waals surface area contributed by atoms with Gasteiger partial charge in [0.15, 0.2) is 0 Å². The maximum atomic E-state index is 12.2. The fourth-order valence-corrected chi connectivity index (χ4v) is 2.47. The predicted octanol–water partition coefficient (Wildman–Crippen LogP) is 3.04. The van der Waals surface area contributed by atoms with Gasteiger partial charge in [-0.2, -0.15) is 0 Å². The van der Waals surface area contributed by atoms with E-state index in [2.05, 4.69) is 32.3 Å². The number of carbonyl (C=O) groups excluding carboxylic acids is 1. The second-order valence-electron chi connectivity index (χ2n) is 5.78. The highest BCUT2D eigenvalue weighted by atomic mass is 16.1. The molecule has 3 aromatic rings. The van der Waals surface area contributed by atoms with Crippen LogP contribution in [-0.4, -0.2) is 22.9 Å². The van der Waals surface area contributed by atoms with Crippen LogP contribution in [0.4, 0.5) is 5.69 Å². The molecule has 0 spiro atoms. The number of nitrogens with zero attached hydrogens (tertiary/aromatic N) is 3. The van der Waals surface area contributed by atoms with Crippen molar-refractivity contribution in [2.24, 2.45) is 0 Å². The van der Waals surface area contributed by atoms with Gasteiger partial charge in [0.25, 0.3) is 5.91 Å². The van der Waals surface area contributed by atoms with Gasteiger partial charge in [-0.15, -0.1) is 0 Å². The molecule has 0 unspecified atom stereocenters. The quantitative estimate of drug-likeness (QED) is 0.754. The number of rotatable bonds is 6. The number of hydrogen-bond acceptors (Lipinski definition) is 4. The summed E-state index contributed by atoms with van der Waals surface area (Å²) in [5, 5.41) is 2.86. The van der Waals surface area contributed by atoms with E-state index in [1.165, 1.54) is 5.56 Å². The Kier molecular flexibility index (Phi) is 5.36. The van der Waals surface area contributed by atoms with Crippen molar-refractivity contribution in [3.63, 3.8) is 0 Å². The van der Waals surface area contributed by atoms with Crippen LogP contribution in [0, 0.1) is 0 Å².